The fraction of sp³-hybridized carbons (Fsp3) is 0.684. The third-order valence-corrected chi connectivity index (χ3v) is 5.01. The number of rotatable bonds is 2. The zero-order valence-electron chi connectivity index (χ0n) is 15.5. The number of H-pyrrole nitrogens is 1. The molecule has 138 valence electrons. The van der Waals surface area contributed by atoms with Crippen molar-refractivity contribution in [3.8, 4) is 0 Å². The molecule has 0 saturated carbocycles. The first kappa shape index (κ1) is 17.8. The van der Waals surface area contributed by atoms with Crippen molar-refractivity contribution in [2.24, 2.45) is 5.92 Å². The standard InChI is InChI=1S/C19H29N3O3/c1-19(2,3)25-18(24)21-12-8-14(9-13-21)17(23)22-11-5-7-16(22)15-6-4-10-20-15/h4,6,10,14,16,20H,5,7-9,11-13H2,1-3H3/t16-/m1/s1. The van der Waals surface area contributed by atoms with Gasteiger partial charge < -0.3 is 19.5 Å². The number of carbonyl (C=O) groups excluding carboxylic acids is 2. The third-order valence-electron chi connectivity index (χ3n) is 5.01. The predicted octanol–water partition coefficient (Wildman–Crippen LogP) is 3.33. The van der Waals surface area contributed by atoms with Crippen molar-refractivity contribution in [2.75, 3.05) is 19.6 Å². The lowest BCUT2D eigenvalue weighted by Gasteiger charge is -2.35. The van der Waals surface area contributed by atoms with Crippen LogP contribution in [-0.4, -0.2) is 52.0 Å². The van der Waals surface area contributed by atoms with Gasteiger partial charge in [-0.05, 0) is 58.6 Å². The SMILES string of the molecule is CC(C)(C)OC(=O)N1CCC(C(=O)N2CCC[C@@H]2c2ccc[nH]2)CC1. The molecule has 1 atom stereocenters. The van der Waals surface area contributed by atoms with E-state index in [-0.39, 0.29) is 24.0 Å². The van der Waals surface area contributed by atoms with Gasteiger partial charge in [-0.3, -0.25) is 4.79 Å². The van der Waals surface area contributed by atoms with Gasteiger partial charge in [0.15, 0.2) is 0 Å². The van der Waals surface area contributed by atoms with Crippen molar-refractivity contribution in [1.29, 1.82) is 0 Å². The molecule has 6 heteroatoms. The van der Waals surface area contributed by atoms with E-state index in [1.54, 1.807) is 4.90 Å². The molecule has 1 aromatic heterocycles. The van der Waals surface area contributed by atoms with E-state index in [2.05, 4.69) is 11.1 Å². The Bertz CT molecular complexity index is 598. The van der Waals surface area contributed by atoms with E-state index in [0.717, 1.165) is 25.1 Å². The molecule has 0 radical (unpaired) electrons. The number of nitrogens with zero attached hydrogens (tertiary/aromatic N) is 2. The summed E-state index contributed by atoms with van der Waals surface area (Å²) >= 11 is 0. The molecule has 6 nitrogen and oxygen atoms in total. The topological polar surface area (TPSA) is 65.6 Å². The molecule has 2 fully saturated rings. The summed E-state index contributed by atoms with van der Waals surface area (Å²) in [6.45, 7) is 7.62. The molecule has 0 aromatic carbocycles. The molecule has 0 unspecified atom stereocenters. The van der Waals surface area contributed by atoms with Crippen molar-refractivity contribution < 1.29 is 14.3 Å². The maximum atomic E-state index is 13.0. The predicted molar refractivity (Wildman–Crippen MR) is 95.0 cm³/mol. The molecular weight excluding hydrogens is 318 g/mol. The Labute approximate surface area is 149 Å². The van der Waals surface area contributed by atoms with E-state index in [1.807, 2.05) is 37.9 Å². The van der Waals surface area contributed by atoms with Gasteiger partial charge in [0.2, 0.25) is 5.91 Å². The van der Waals surface area contributed by atoms with Gasteiger partial charge in [-0.1, -0.05) is 0 Å². The fourth-order valence-corrected chi connectivity index (χ4v) is 3.78. The Morgan fingerprint density at radius 1 is 1.16 bits per heavy atom. The van der Waals surface area contributed by atoms with Crippen LogP contribution in [0, 0.1) is 5.92 Å². The second-order valence-electron chi connectivity index (χ2n) is 8.06. The van der Waals surface area contributed by atoms with Crippen LogP contribution in [0.1, 0.15) is 58.2 Å². The maximum absolute atomic E-state index is 13.0. The monoisotopic (exact) mass is 347 g/mol. The Hall–Kier alpha value is -1.98. The Morgan fingerprint density at radius 2 is 1.88 bits per heavy atom. The minimum atomic E-state index is -0.484. The largest absolute Gasteiger partial charge is 0.444 e. The third kappa shape index (κ3) is 4.17. The Morgan fingerprint density at radius 3 is 2.48 bits per heavy atom. The molecule has 2 saturated heterocycles. The number of carbonyl (C=O) groups is 2. The number of nitrogens with one attached hydrogen (secondary N) is 1. The summed E-state index contributed by atoms with van der Waals surface area (Å²) < 4.78 is 5.43. The van der Waals surface area contributed by atoms with Crippen LogP contribution in [-0.2, 0) is 9.53 Å². The van der Waals surface area contributed by atoms with Gasteiger partial charge in [0, 0.05) is 37.4 Å². The molecule has 25 heavy (non-hydrogen) atoms. The highest BCUT2D eigenvalue weighted by molar-refractivity contribution is 5.80. The average Bonchev–Trinajstić information content (AvgIpc) is 3.23. The molecule has 1 N–H and O–H groups in total. The number of aromatic nitrogens is 1. The number of hydrogen-bond donors (Lipinski definition) is 1. The first-order valence-corrected chi connectivity index (χ1v) is 9.27. The number of piperidine rings is 1. The highest BCUT2D eigenvalue weighted by Crippen LogP contribution is 2.34. The van der Waals surface area contributed by atoms with Crippen molar-refractivity contribution in [3.05, 3.63) is 24.0 Å². The van der Waals surface area contributed by atoms with Crippen molar-refractivity contribution in [1.82, 2.24) is 14.8 Å². The van der Waals surface area contributed by atoms with E-state index in [4.69, 9.17) is 4.74 Å². The molecule has 2 aliphatic rings. The van der Waals surface area contributed by atoms with Gasteiger partial charge >= 0.3 is 6.09 Å². The van der Waals surface area contributed by atoms with E-state index in [1.165, 1.54) is 0 Å². The number of aromatic amines is 1. The molecule has 3 rings (SSSR count). The molecule has 2 aliphatic heterocycles. The highest BCUT2D eigenvalue weighted by Gasteiger charge is 2.37. The molecule has 1 aromatic rings. The van der Waals surface area contributed by atoms with Gasteiger partial charge in [-0.2, -0.15) is 0 Å². The molecule has 2 amide bonds. The Balaban J connectivity index is 1.56. The average molecular weight is 347 g/mol. The first-order valence-electron chi connectivity index (χ1n) is 9.27. The summed E-state index contributed by atoms with van der Waals surface area (Å²) in [5.41, 5.74) is 0.639. The molecule has 3 heterocycles. The lowest BCUT2D eigenvalue weighted by Crippen LogP contribution is -2.45. The van der Waals surface area contributed by atoms with Gasteiger partial charge in [0.1, 0.15) is 5.60 Å². The summed E-state index contributed by atoms with van der Waals surface area (Å²) in [7, 11) is 0. The molecular formula is C19H29N3O3. The van der Waals surface area contributed by atoms with Gasteiger partial charge in [-0.15, -0.1) is 0 Å². The summed E-state index contributed by atoms with van der Waals surface area (Å²) in [6.07, 6.45) is 5.13. The van der Waals surface area contributed by atoms with Crippen molar-refractivity contribution >= 4 is 12.0 Å². The fourth-order valence-electron chi connectivity index (χ4n) is 3.78. The summed E-state index contributed by atoms with van der Waals surface area (Å²) in [4.78, 5) is 32.1. The van der Waals surface area contributed by atoms with Crippen LogP contribution in [0.3, 0.4) is 0 Å². The van der Waals surface area contributed by atoms with E-state index >= 15 is 0 Å². The van der Waals surface area contributed by atoms with Crippen LogP contribution in [0.2, 0.25) is 0 Å². The minimum absolute atomic E-state index is 0.00856. The number of ether oxygens (including phenoxy) is 1. The van der Waals surface area contributed by atoms with Gasteiger partial charge in [-0.25, -0.2) is 4.79 Å². The summed E-state index contributed by atoms with van der Waals surface area (Å²) in [5.74, 6) is 0.246. The van der Waals surface area contributed by atoms with E-state index in [9.17, 15) is 9.59 Å². The van der Waals surface area contributed by atoms with E-state index < -0.39 is 5.60 Å². The molecule has 0 bridgehead atoms. The molecule has 0 aliphatic carbocycles. The summed E-state index contributed by atoms with van der Waals surface area (Å²) in [5, 5.41) is 0. The lowest BCUT2D eigenvalue weighted by molar-refractivity contribution is -0.138. The number of likely N-dealkylation sites (tertiary alicyclic amines) is 2. The zero-order chi connectivity index (χ0) is 18.0. The smallest absolute Gasteiger partial charge is 0.410 e. The Kier molecular flexibility index (Phi) is 5.06. The van der Waals surface area contributed by atoms with Crippen LogP contribution in [0.5, 0.6) is 0 Å². The van der Waals surface area contributed by atoms with Crippen LogP contribution >= 0.6 is 0 Å². The van der Waals surface area contributed by atoms with Crippen LogP contribution in [0.25, 0.3) is 0 Å². The molecule has 0 spiro atoms. The number of hydrogen-bond acceptors (Lipinski definition) is 3. The number of amides is 2. The normalized spacial score (nSPS) is 22.3. The highest BCUT2D eigenvalue weighted by atomic mass is 16.6. The van der Waals surface area contributed by atoms with Gasteiger partial charge in [0.05, 0.1) is 6.04 Å². The zero-order valence-corrected chi connectivity index (χ0v) is 15.5. The lowest BCUT2D eigenvalue weighted by atomic mass is 9.95. The minimum Gasteiger partial charge on any atom is -0.444 e. The first-order chi connectivity index (χ1) is 11.8. The van der Waals surface area contributed by atoms with Crippen LogP contribution in [0.4, 0.5) is 4.79 Å². The van der Waals surface area contributed by atoms with Crippen molar-refractivity contribution in [2.45, 2.75) is 58.1 Å². The van der Waals surface area contributed by atoms with Gasteiger partial charge in [0.25, 0.3) is 0 Å². The van der Waals surface area contributed by atoms with Crippen LogP contribution < -0.4 is 0 Å². The summed E-state index contributed by atoms with van der Waals surface area (Å²) in [6, 6.07) is 4.21. The van der Waals surface area contributed by atoms with E-state index in [0.29, 0.717) is 25.9 Å². The quantitative estimate of drug-likeness (QED) is 0.892. The maximum Gasteiger partial charge on any atom is 0.410 e. The second kappa shape index (κ2) is 7.10. The van der Waals surface area contributed by atoms with Crippen LogP contribution in [0.15, 0.2) is 18.3 Å². The second-order valence-corrected chi connectivity index (χ2v) is 8.06. The van der Waals surface area contributed by atoms with Crippen molar-refractivity contribution in [3.63, 3.8) is 0 Å².